The van der Waals surface area contributed by atoms with Crippen LogP contribution in [0.15, 0.2) is 28.1 Å². The number of para-hydroxylation sites is 1. The summed E-state index contributed by atoms with van der Waals surface area (Å²) in [5.41, 5.74) is 4.22. The Morgan fingerprint density at radius 1 is 1.21 bits per heavy atom. The van der Waals surface area contributed by atoms with Gasteiger partial charge in [0.25, 0.3) is 0 Å². The van der Waals surface area contributed by atoms with Crippen LogP contribution in [0.5, 0.6) is 0 Å². The molecule has 3 aliphatic heterocycles. The first kappa shape index (κ1) is 13.1. The van der Waals surface area contributed by atoms with Gasteiger partial charge in [-0.15, -0.1) is 23.3 Å². The van der Waals surface area contributed by atoms with Gasteiger partial charge in [0.15, 0.2) is 0 Å². The van der Waals surface area contributed by atoms with Crippen molar-refractivity contribution in [1.82, 2.24) is 0 Å². The minimum absolute atomic E-state index is 0.781. The lowest BCUT2D eigenvalue weighted by atomic mass is 10.2. The van der Waals surface area contributed by atoms with Gasteiger partial charge >= 0.3 is 0 Å². The van der Waals surface area contributed by atoms with Gasteiger partial charge in [0, 0.05) is 18.0 Å². The van der Waals surface area contributed by atoms with Crippen molar-refractivity contribution in [3.63, 3.8) is 0 Å². The maximum atomic E-state index is 5.42. The van der Waals surface area contributed by atoms with E-state index in [0.717, 1.165) is 32.0 Å². The van der Waals surface area contributed by atoms with E-state index in [9.17, 15) is 0 Å². The third-order valence-electron chi connectivity index (χ3n) is 3.58. The molecule has 0 bridgehead atoms. The van der Waals surface area contributed by atoms with Crippen LogP contribution >= 0.6 is 47.4 Å². The normalized spacial score (nSPS) is 32.0. The molecule has 104 valence electrons. The van der Waals surface area contributed by atoms with Gasteiger partial charge in [-0.3, -0.25) is 0 Å². The molecule has 2 fully saturated rings. The lowest BCUT2D eigenvalue weighted by Gasteiger charge is -2.45. The number of anilines is 1. The highest BCUT2D eigenvalue weighted by Gasteiger charge is 2.73. The number of nitrogens with zero attached hydrogens (tertiary/aromatic N) is 2. The first-order valence-electron chi connectivity index (χ1n) is 5.96. The van der Waals surface area contributed by atoms with Gasteiger partial charge in [-0.25, -0.2) is 4.99 Å². The lowest BCUT2D eigenvalue weighted by Crippen LogP contribution is -2.36. The van der Waals surface area contributed by atoms with Gasteiger partial charge in [0.1, 0.15) is 5.69 Å². The van der Waals surface area contributed by atoms with Crippen LogP contribution in [0, 0.1) is 0 Å². The molecule has 1 aromatic rings. The molecule has 0 atom stereocenters. The van der Waals surface area contributed by atoms with Crippen molar-refractivity contribution in [1.29, 1.82) is 0 Å². The number of fused-ring (bicyclic) bond motifs is 2. The van der Waals surface area contributed by atoms with E-state index in [0.29, 0.717) is 0 Å². The maximum absolute atomic E-state index is 5.42. The van der Waals surface area contributed by atoms with Crippen LogP contribution < -0.4 is 4.90 Å². The number of rotatable bonds is 1. The van der Waals surface area contributed by atoms with Crippen LogP contribution in [0.1, 0.15) is 0 Å². The van der Waals surface area contributed by atoms with E-state index in [-0.39, 0.29) is 0 Å². The van der Waals surface area contributed by atoms with Crippen molar-refractivity contribution in [2.24, 2.45) is 4.99 Å². The zero-order chi connectivity index (χ0) is 13.2. The maximum Gasteiger partial charge on any atom is 0.101 e. The molecule has 3 aliphatic rings. The van der Waals surface area contributed by atoms with Crippen LogP contribution in [0.3, 0.4) is 0 Å². The van der Waals surface area contributed by atoms with Gasteiger partial charge < -0.3 is 9.64 Å². The van der Waals surface area contributed by atoms with Gasteiger partial charge in [-0.1, -0.05) is 10.5 Å². The summed E-state index contributed by atoms with van der Waals surface area (Å²) < 4.78 is 2.57. The minimum atomic E-state index is -2.85. The standard InChI is InChI=1S/C11H14N2OS5/c15-19(16,17-18-19)8-12-11-9(2-1-3-10(11)19)13-4-6-14-7-5-13/h1-3,8,15-16H,4-7H2. The number of aliphatic imine (C=N–C) groups is 1. The topological polar surface area (TPSA) is 24.8 Å². The SMILES string of the molecule is SS12(S)(C=Nc3c(N4CCOCC4)cccc31)SS2. The molecule has 4 rings (SSSR count). The molecule has 3 nitrogen and oxygen atoms in total. The van der Waals surface area contributed by atoms with Crippen molar-refractivity contribution < 1.29 is 4.74 Å². The number of hydrogen-bond acceptors (Lipinski definition) is 7. The minimum Gasteiger partial charge on any atom is -0.378 e. The molecule has 1 spiro atoms. The predicted molar refractivity (Wildman–Crippen MR) is 96.6 cm³/mol. The highest BCUT2D eigenvalue weighted by atomic mass is 34.4. The summed E-state index contributed by atoms with van der Waals surface area (Å²) in [5.74, 6) is 0. The summed E-state index contributed by atoms with van der Waals surface area (Å²) in [6.45, 7) is 3.40. The quantitative estimate of drug-likeness (QED) is 0.447. The highest BCUT2D eigenvalue weighted by Crippen LogP contribution is 3.31. The number of ether oxygens (including phenoxy) is 1. The Hall–Kier alpha value is 0.400. The number of thiol groups is 2. The van der Waals surface area contributed by atoms with Crippen molar-refractivity contribution in [3.05, 3.63) is 18.2 Å². The zero-order valence-electron chi connectivity index (χ0n) is 10.1. The van der Waals surface area contributed by atoms with Crippen molar-refractivity contribution in [2.45, 2.75) is 4.90 Å². The second-order valence-electron chi connectivity index (χ2n) is 4.91. The monoisotopic (exact) mass is 350 g/mol. The molecule has 0 N–H and O–H groups in total. The van der Waals surface area contributed by atoms with Crippen molar-refractivity contribution in [2.75, 3.05) is 31.2 Å². The number of hydrogen-bond donors (Lipinski definition) is 2. The molecule has 0 aliphatic carbocycles. The summed E-state index contributed by atoms with van der Waals surface area (Å²) in [6, 6.07) is 6.36. The molecule has 0 unspecified atom stereocenters. The third kappa shape index (κ3) is 1.74. The first-order chi connectivity index (χ1) is 8.96. The Bertz CT molecular complexity index is 616. The van der Waals surface area contributed by atoms with E-state index >= 15 is 0 Å². The fourth-order valence-electron chi connectivity index (χ4n) is 2.47. The van der Waals surface area contributed by atoms with Crippen LogP contribution in [-0.4, -0.2) is 31.8 Å². The Balaban J connectivity index is 1.86. The predicted octanol–water partition coefficient (Wildman–Crippen LogP) is 4.35. The van der Waals surface area contributed by atoms with Crippen LogP contribution in [0.25, 0.3) is 0 Å². The van der Waals surface area contributed by atoms with Gasteiger partial charge in [0.05, 0.1) is 24.4 Å². The third-order valence-corrected chi connectivity index (χ3v) is 24.1. The van der Waals surface area contributed by atoms with Gasteiger partial charge in [0.2, 0.25) is 0 Å². The van der Waals surface area contributed by atoms with Crippen molar-refractivity contribution in [3.8, 4) is 0 Å². The van der Waals surface area contributed by atoms with E-state index in [4.69, 9.17) is 28.1 Å². The summed E-state index contributed by atoms with van der Waals surface area (Å²) in [5, 5.41) is 0. The van der Waals surface area contributed by atoms with E-state index in [2.05, 4.69) is 28.1 Å². The van der Waals surface area contributed by atoms with Crippen molar-refractivity contribution >= 4 is 64.3 Å². The van der Waals surface area contributed by atoms with E-state index in [1.165, 1.54) is 10.6 Å². The van der Waals surface area contributed by atoms with Crippen LogP contribution in [-0.2, 0) is 4.74 Å². The Labute approximate surface area is 128 Å². The lowest BCUT2D eigenvalue weighted by molar-refractivity contribution is 0.122. The van der Waals surface area contributed by atoms with E-state index < -0.39 is 4.42 Å². The molecule has 0 saturated carbocycles. The fourth-order valence-corrected chi connectivity index (χ4v) is 17.4. The highest BCUT2D eigenvalue weighted by molar-refractivity contribution is 10.1. The zero-order valence-corrected chi connectivity index (χ0v) is 14.3. The molecule has 0 amide bonds. The van der Waals surface area contributed by atoms with Crippen LogP contribution in [0.2, 0.25) is 0 Å². The second kappa shape index (κ2) is 3.59. The number of benzene rings is 1. The largest absolute Gasteiger partial charge is 0.378 e. The fraction of sp³-hybridized carbons (Fsp3) is 0.364. The Morgan fingerprint density at radius 3 is 2.63 bits per heavy atom. The second-order valence-corrected chi connectivity index (χ2v) is 27.0. The Morgan fingerprint density at radius 2 is 1.95 bits per heavy atom. The average Bonchev–Trinajstić information content (AvgIpc) is 2.98. The molecule has 19 heavy (non-hydrogen) atoms. The first-order valence-corrected chi connectivity index (χ1v) is 13.8. The molecular weight excluding hydrogens is 336 g/mol. The molecule has 8 heteroatoms. The molecule has 2 saturated heterocycles. The average molecular weight is 351 g/mol. The molecule has 0 aromatic heterocycles. The molecule has 3 heterocycles. The van der Waals surface area contributed by atoms with Crippen LogP contribution in [0.4, 0.5) is 11.4 Å². The summed E-state index contributed by atoms with van der Waals surface area (Å²) in [6.07, 6.45) is 0. The molecule has 0 radical (unpaired) electrons. The molecular formula is C11H14N2OS5. The summed E-state index contributed by atoms with van der Waals surface area (Å²) >= 11 is 9.96. The van der Waals surface area contributed by atoms with E-state index in [1.807, 2.05) is 5.55 Å². The van der Waals surface area contributed by atoms with Gasteiger partial charge in [-0.2, -0.15) is 0 Å². The summed E-state index contributed by atoms with van der Waals surface area (Å²) in [7, 11) is 3.50. The molecule has 1 aromatic carbocycles. The van der Waals surface area contributed by atoms with Gasteiger partial charge in [-0.05, 0) is 31.8 Å². The number of morpholine rings is 1. The summed E-state index contributed by atoms with van der Waals surface area (Å²) in [4.78, 5) is 8.21. The van der Waals surface area contributed by atoms with E-state index in [1.54, 1.807) is 19.7 Å². The smallest absolute Gasteiger partial charge is 0.101 e. The Kier molecular flexibility index (Phi) is 2.47.